The Morgan fingerprint density at radius 2 is 1.77 bits per heavy atom. The lowest BCUT2D eigenvalue weighted by Crippen LogP contribution is -2.49. The van der Waals surface area contributed by atoms with E-state index in [1.807, 2.05) is 24.3 Å². The molecule has 0 aliphatic carbocycles. The third-order valence-corrected chi connectivity index (χ3v) is 5.78. The summed E-state index contributed by atoms with van der Waals surface area (Å²) in [5.74, 6) is -0.889. The fourth-order valence-corrected chi connectivity index (χ4v) is 3.89. The van der Waals surface area contributed by atoms with E-state index in [0.29, 0.717) is 24.9 Å². The number of hydrogen-bond donors (Lipinski definition) is 4. The van der Waals surface area contributed by atoms with Crippen LogP contribution >= 0.6 is 12.4 Å². The molecule has 30 heavy (non-hydrogen) atoms. The summed E-state index contributed by atoms with van der Waals surface area (Å²) >= 11 is 0. The molecule has 1 heterocycles. The molecule has 7 heteroatoms. The minimum atomic E-state index is -0.944. The Hall–Kier alpha value is -2.59. The molecule has 2 aromatic rings. The highest BCUT2D eigenvalue weighted by atomic mass is 35.5. The van der Waals surface area contributed by atoms with E-state index in [0.717, 1.165) is 37.2 Å². The van der Waals surface area contributed by atoms with Crippen LogP contribution in [0.1, 0.15) is 40.7 Å². The van der Waals surface area contributed by atoms with Gasteiger partial charge in [0.1, 0.15) is 0 Å². The number of anilines is 1. The highest BCUT2D eigenvalue weighted by Crippen LogP contribution is 2.31. The maximum atomic E-state index is 11.3. The van der Waals surface area contributed by atoms with Crippen LogP contribution in [-0.2, 0) is 6.42 Å². The van der Waals surface area contributed by atoms with Gasteiger partial charge >= 0.3 is 5.97 Å². The number of nitrogens with one attached hydrogen (secondary N) is 2. The first-order chi connectivity index (χ1) is 14.0. The van der Waals surface area contributed by atoms with Gasteiger partial charge in [0.15, 0.2) is 0 Å². The van der Waals surface area contributed by atoms with Crippen molar-refractivity contribution < 1.29 is 15.0 Å². The van der Waals surface area contributed by atoms with E-state index >= 15 is 0 Å². The van der Waals surface area contributed by atoms with E-state index in [1.54, 1.807) is 24.3 Å². The molecule has 0 aromatic heterocycles. The van der Waals surface area contributed by atoms with Crippen LogP contribution in [0.25, 0.3) is 0 Å². The molecule has 0 radical (unpaired) electrons. The number of aliphatic hydroxyl groups is 1. The van der Waals surface area contributed by atoms with Crippen LogP contribution in [0.3, 0.4) is 0 Å². The van der Waals surface area contributed by atoms with Gasteiger partial charge in [0, 0.05) is 18.2 Å². The van der Waals surface area contributed by atoms with Crippen molar-refractivity contribution in [3.05, 3.63) is 65.2 Å². The van der Waals surface area contributed by atoms with Crippen LogP contribution in [0.15, 0.2) is 48.5 Å². The number of nitriles is 1. The Kier molecular flexibility index (Phi) is 8.67. The number of carboxylic acid groups (broad SMARTS) is 1. The molecule has 1 aliphatic heterocycles. The number of rotatable bonds is 8. The van der Waals surface area contributed by atoms with Crippen molar-refractivity contribution in [3.8, 4) is 6.07 Å². The van der Waals surface area contributed by atoms with Gasteiger partial charge in [0.25, 0.3) is 0 Å². The fourth-order valence-electron chi connectivity index (χ4n) is 3.89. The first kappa shape index (κ1) is 23.7. The van der Waals surface area contributed by atoms with Crippen molar-refractivity contribution in [2.45, 2.75) is 31.3 Å². The highest BCUT2D eigenvalue weighted by Gasteiger charge is 2.37. The van der Waals surface area contributed by atoms with Crippen molar-refractivity contribution in [3.63, 3.8) is 0 Å². The minimum Gasteiger partial charge on any atom is -0.478 e. The summed E-state index contributed by atoms with van der Waals surface area (Å²) < 4.78 is 0. The third-order valence-electron chi connectivity index (χ3n) is 5.78. The second-order valence-electron chi connectivity index (χ2n) is 7.66. The summed E-state index contributed by atoms with van der Waals surface area (Å²) in [7, 11) is 0. The Morgan fingerprint density at radius 1 is 1.13 bits per heavy atom. The number of benzene rings is 2. The molecule has 1 unspecified atom stereocenters. The van der Waals surface area contributed by atoms with Crippen LogP contribution in [0.5, 0.6) is 0 Å². The monoisotopic (exact) mass is 429 g/mol. The molecule has 1 fully saturated rings. The van der Waals surface area contributed by atoms with Gasteiger partial charge in [-0.2, -0.15) is 5.26 Å². The van der Waals surface area contributed by atoms with E-state index in [-0.39, 0.29) is 23.9 Å². The maximum Gasteiger partial charge on any atom is 0.335 e. The van der Waals surface area contributed by atoms with Crippen LogP contribution in [-0.4, -0.2) is 41.4 Å². The highest BCUT2D eigenvalue weighted by molar-refractivity contribution is 5.88. The van der Waals surface area contributed by atoms with Gasteiger partial charge in [-0.05, 0) is 80.7 Å². The summed E-state index contributed by atoms with van der Waals surface area (Å²) in [5, 5.41) is 35.9. The molecular weight excluding hydrogens is 402 g/mol. The summed E-state index contributed by atoms with van der Waals surface area (Å²) in [6.07, 6.45) is 3.07. The Bertz CT molecular complexity index is 857. The van der Waals surface area contributed by atoms with Gasteiger partial charge in [-0.25, -0.2) is 4.79 Å². The minimum absolute atomic E-state index is 0. The van der Waals surface area contributed by atoms with Crippen LogP contribution in [0, 0.1) is 17.2 Å². The Balaban J connectivity index is 0.00000320. The molecule has 1 atom stereocenters. The zero-order valence-electron chi connectivity index (χ0n) is 16.8. The number of aromatic carboxylic acids is 1. The quantitative estimate of drug-likeness (QED) is 0.512. The summed E-state index contributed by atoms with van der Waals surface area (Å²) in [6, 6.07) is 16.4. The van der Waals surface area contributed by atoms with Crippen molar-refractivity contribution in [1.82, 2.24) is 5.32 Å². The predicted molar refractivity (Wildman–Crippen MR) is 119 cm³/mol. The molecule has 0 amide bonds. The average Bonchev–Trinajstić information content (AvgIpc) is 2.74. The number of carbonyl (C=O) groups is 1. The maximum absolute atomic E-state index is 11.3. The van der Waals surface area contributed by atoms with Crippen molar-refractivity contribution in [2.75, 3.05) is 25.0 Å². The number of hydrogen-bond acceptors (Lipinski definition) is 5. The van der Waals surface area contributed by atoms with E-state index in [9.17, 15) is 9.90 Å². The fraction of sp³-hybridized carbons (Fsp3) is 0.391. The number of carboxylic acids is 1. The van der Waals surface area contributed by atoms with Crippen LogP contribution < -0.4 is 10.6 Å². The number of halogens is 1. The van der Waals surface area contributed by atoms with Crippen LogP contribution in [0.2, 0.25) is 0 Å². The average molecular weight is 430 g/mol. The number of piperidine rings is 1. The lowest BCUT2D eigenvalue weighted by Gasteiger charge is -2.40. The first-order valence-electron chi connectivity index (χ1n) is 9.99. The second kappa shape index (κ2) is 11.0. The third kappa shape index (κ3) is 6.20. The van der Waals surface area contributed by atoms with Gasteiger partial charge in [-0.3, -0.25) is 0 Å². The molecule has 4 N–H and O–H groups in total. The van der Waals surface area contributed by atoms with Crippen molar-refractivity contribution >= 4 is 24.1 Å². The van der Waals surface area contributed by atoms with Gasteiger partial charge in [0.05, 0.1) is 22.8 Å². The molecule has 2 aromatic carbocycles. The lowest BCUT2D eigenvalue weighted by molar-refractivity contribution is -0.0418. The van der Waals surface area contributed by atoms with E-state index < -0.39 is 11.6 Å². The smallest absolute Gasteiger partial charge is 0.335 e. The Labute approximate surface area is 183 Å². The van der Waals surface area contributed by atoms with E-state index in [1.165, 1.54) is 0 Å². The lowest BCUT2D eigenvalue weighted by atomic mass is 9.77. The molecule has 1 saturated heterocycles. The second-order valence-corrected chi connectivity index (χ2v) is 7.66. The molecule has 6 nitrogen and oxygen atoms in total. The first-order valence-corrected chi connectivity index (χ1v) is 9.99. The summed E-state index contributed by atoms with van der Waals surface area (Å²) in [5.41, 5.74) is 2.16. The van der Waals surface area contributed by atoms with Gasteiger partial charge in [-0.15, -0.1) is 12.4 Å². The summed E-state index contributed by atoms with van der Waals surface area (Å²) in [4.78, 5) is 11.0. The number of nitrogens with zero attached hydrogens (tertiary/aromatic N) is 1. The Morgan fingerprint density at radius 3 is 2.33 bits per heavy atom. The van der Waals surface area contributed by atoms with Gasteiger partial charge in [0.2, 0.25) is 0 Å². The van der Waals surface area contributed by atoms with Crippen molar-refractivity contribution in [1.29, 1.82) is 5.26 Å². The topological polar surface area (TPSA) is 105 Å². The van der Waals surface area contributed by atoms with Gasteiger partial charge < -0.3 is 20.8 Å². The van der Waals surface area contributed by atoms with Gasteiger partial charge in [-0.1, -0.05) is 12.1 Å². The molecule has 1 aliphatic rings. The molecule has 0 saturated carbocycles. The largest absolute Gasteiger partial charge is 0.478 e. The van der Waals surface area contributed by atoms with E-state index in [2.05, 4.69) is 16.7 Å². The van der Waals surface area contributed by atoms with Crippen molar-refractivity contribution in [2.24, 2.45) is 5.92 Å². The van der Waals surface area contributed by atoms with Crippen LogP contribution in [0.4, 0.5) is 5.69 Å². The molecular formula is C23H28ClN3O3. The van der Waals surface area contributed by atoms with E-state index in [4.69, 9.17) is 10.4 Å². The molecule has 0 bridgehead atoms. The normalized spacial score (nSPS) is 16.0. The zero-order chi connectivity index (χ0) is 20.7. The number of aryl methyl sites for hydroxylation is 1. The zero-order valence-corrected chi connectivity index (χ0v) is 17.6. The summed E-state index contributed by atoms with van der Waals surface area (Å²) in [6.45, 7) is 2.22. The predicted octanol–water partition coefficient (Wildman–Crippen LogP) is 3.45. The molecule has 0 spiro atoms. The SMILES string of the molecule is Cl.N#Cc1ccc(CCC(CNc2ccc(C(=O)O)cc2)C2(O)CCNCC2)cc1. The molecule has 3 rings (SSSR count). The molecule has 160 valence electrons. The standard InChI is InChI=1S/C23H27N3O3.ClH/c24-15-18-3-1-17(2-4-18)5-8-20(23(29)11-13-25-14-12-23)16-26-21-9-6-19(7-10-21)22(27)28;/h1-4,6-7,9-10,20,25-26,29H,5,8,11-14,16H2,(H,27,28);1H.